The number of rotatable bonds is 3. The molecule has 0 aliphatic rings. The fourth-order valence-electron chi connectivity index (χ4n) is 1.01. The molecule has 0 rings (SSSR count). The molecule has 0 unspecified atom stereocenters. The van der Waals surface area contributed by atoms with Crippen molar-refractivity contribution in [2.45, 2.75) is 20.8 Å². The number of hydrogen-bond acceptors (Lipinski definition) is 1. The van der Waals surface area contributed by atoms with Crippen molar-refractivity contribution >= 4 is 22.0 Å². The maximum Gasteiger partial charge on any atom is 0.404 e. The minimum absolute atomic E-state index is 0.0241. The number of allylic oxidation sites excluding steroid dienone is 1. The summed E-state index contributed by atoms with van der Waals surface area (Å²) >= 11 is 3.01. The van der Waals surface area contributed by atoms with E-state index < -0.39 is 6.09 Å². The molecule has 14 heavy (non-hydrogen) atoms. The Hall–Kier alpha value is -0.580. The fourth-order valence-corrected chi connectivity index (χ4v) is 1.35. The van der Waals surface area contributed by atoms with Gasteiger partial charge < -0.3 is 10.4 Å². The summed E-state index contributed by atoms with van der Waals surface area (Å²) in [5, 5.41) is 10.7. The molecule has 5 heteroatoms. The van der Waals surface area contributed by atoms with Gasteiger partial charge in [0.15, 0.2) is 0 Å². The molecule has 0 aromatic heterocycles. The monoisotopic (exact) mass is 267 g/mol. The molecule has 0 atom stereocenters. The van der Waals surface area contributed by atoms with Crippen LogP contribution in [0.5, 0.6) is 0 Å². The summed E-state index contributed by atoms with van der Waals surface area (Å²) in [5.41, 5.74) is 0.0945. The maximum atomic E-state index is 13.3. The van der Waals surface area contributed by atoms with Crippen LogP contribution in [0.3, 0.4) is 0 Å². The molecule has 0 aromatic carbocycles. The number of amides is 1. The molecule has 3 nitrogen and oxygen atoms in total. The van der Waals surface area contributed by atoms with E-state index in [1.165, 1.54) is 0 Å². The molecule has 0 aliphatic carbocycles. The zero-order valence-electron chi connectivity index (χ0n) is 8.53. The summed E-state index contributed by atoms with van der Waals surface area (Å²) in [6, 6.07) is 0. The molecular weight excluding hydrogens is 253 g/mol. The Balaban J connectivity index is 4.68. The molecule has 0 radical (unpaired) electrons. The highest BCUT2D eigenvalue weighted by atomic mass is 79.9. The maximum absolute atomic E-state index is 13.3. The third-order valence-corrected chi connectivity index (χ3v) is 2.26. The topological polar surface area (TPSA) is 49.3 Å². The molecule has 0 aliphatic heterocycles. The Morgan fingerprint density at radius 2 is 2.00 bits per heavy atom. The van der Waals surface area contributed by atoms with Crippen molar-refractivity contribution in [2.24, 2.45) is 5.41 Å². The predicted molar refractivity (Wildman–Crippen MR) is 57.4 cm³/mol. The Morgan fingerprint density at radius 1 is 1.50 bits per heavy atom. The Labute approximate surface area is 91.5 Å². The normalized spacial score (nSPS) is 13.5. The molecule has 2 N–H and O–H groups in total. The average molecular weight is 268 g/mol. The van der Waals surface area contributed by atoms with Crippen molar-refractivity contribution in [2.75, 3.05) is 11.9 Å². The van der Waals surface area contributed by atoms with Gasteiger partial charge in [0.25, 0.3) is 0 Å². The van der Waals surface area contributed by atoms with E-state index in [0.717, 1.165) is 0 Å². The van der Waals surface area contributed by atoms with E-state index in [1.807, 2.05) is 20.8 Å². The van der Waals surface area contributed by atoms with Gasteiger partial charge in [0, 0.05) is 6.54 Å². The van der Waals surface area contributed by atoms with E-state index in [-0.39, 0.29) is 23.1 Å². The first-order chi connectivity index (χ1) is 6.29. The van der Waals surface area contributed by atoms with Gasteiger partial charge in [-0.1, -0.05) is 36.7 Å². The van der Waals surface area contributed by atoms with Crippen LogP contribution >= 0.6 is 15.9 Å². The van der Waals surface area contributed by atoms with Gasteiger partial charge in [0.2, 0.25) is 0 Å². The lowest BCUT2D eigenvalue weighted by Gasteiger charge is -2.23. The van der Waals surface area contributed by atoms with Gasteiger partial charge in [-0.25, -0.2) is 9.18 Å². The lowest BCUT2D eigenvalue weighted by atomic mass is 9.86. The van der Waals surface area contributed by atoms with Crippen molar-refractivity contribution in [1.82, 2.24) is 5.32 Å². The number of nitrogens with one attached hydrogen (secondary N) is 1. The van der Waals surface area contributed by atoms with Gasteiger partial charge in [0.05, 0.1) is 5.33 Å². The fraction of sp³-hybridized carbons (Fsp3) is 0.667. The van der Waals surface area contributed by atoms with Crippen LogP contribution in [0.4, 0.5) is 9.18 Å². The average Bonchev–Trinajstić information content (AvgIpc) is 2.01. The minimum atomic E-state index is -1.14. The smallest absolute Gasteiger partial charge is 0.404 e. The number of halogens is 2. The molecule has 1 amide bonds. The molecule has 0 saturated heterocycles. The highest BCUT2D eigenvalue weighted by Gasteiger charge is 2.21. The lowest BCUT2D eigenvalue weighted by molar-refractivity contribution is 0.195. The van der Waals surface area contributed by atoms with Crippen LogP contribution in [-0.4, -0.2) is 23.1 Å². The number of carboxylic acid groups (broad SMARTS) is 1. The second-order valence-electron chi connectivity index (χ2n) is 3.93. The minimum Gasteiger partial charge on any atom is -0.465 e. The summed E-state index contributed by atoms with van der Waals surface area (Å²) in [6.07, 6.45) is -1.14. The second-order valence-corrected chi connectivity index (χ2v) is 4.49. The van der Waals surface area contributed by atoms with Crippen LogP contribution in [0.25, 0.3) is 0 Å². The predicted octanol–water partition coefficient (Wildman–Crippen LogP) is 2.92. The largest absolute Gasteiger partial charge is 0.465 e. The van der Waals surface area contributed by atoms with Crippen molar-refractivity contribution in [3.8, 4) is 0 Å². The zero-order chi connectivity index (χ0) is 11.4. The second kappa shape index (κ2) is 5.34. The van der Waals surface area contributed by atoms with E-state index >= 15 is 0 Å². The van der Waals surface area contributed by atoms with Crippen LogP contribution in [0.1, 0.15) is 20.8 Å². The Kier molecular flexibility index (Phi) is 5.12. The van der Waals surface area contributed by atoms with Crippen LogP contribution in [-0.2, 0) is 0 Å². The van der Waals surface area contributed by atoms with E-state index in [9.17, 15) is 9.18 Å². The van der Waals surface area contributed by atoms with Crippen molar-refractivity contribution in [3.63, 3.8) is 0 Å². The number of alkyl halides is 1. The van der Waals surface area contributed by atoms with E-state index in [0.29, 0.717) is 5.57 Å². The number of carbonyl (C=O) groups is 1. The SMILES string of the molecule is CC(C)(C)C(CNC(=O)O)=C(F)CBr. The first-order valence-corrected chi connectivity index (χ1v) is 5.32. The van der Waals surface area contributed by atoms with Crippen LogP contribution < -0.4 is 5.32 Å². The van der Waals surface area contributed by atoms with E-state index in [2.05, 4.69) is 21.2 Å². The number of hydrogen-bond donors (Lipinski definition) is 2. The standard InChI is InChI=1S/C9H15BrFNO2/c1-9(2,3)6(7(11)4-10)5-12-8(13)14/h12H,4-5H2,1-3H3,(H,13,14). The highest BCUT2D eigenvalue weighted by molar-refractivity contribution is 9.09. The lowest BCUT2D eigenvalue weighted by Crippen LogP contribution is -2.28. The molecule has 82 valence electrons. The van der Waals surface area contributed by atoms with Crippen molar-refractivity contribution in [3.05, 3.63) is 11.4 Å². The molecular formula is C9H15BrFNO2. The molecule has 0 spiro atoms. The zero-order valence-corrected chi connectivity index (χ0v) is 10.1. The summed E-state index contributed by atoms with van der Waals surface area (Å²) in [5.74, 6) is -0.314. The van der Waals surface area contributed by atoms with Crippen molar-refractivity contribution < 1.29 is 14.3 Å². The van der Waals surface area contributed by atoms with Crippen molar-refractivity contribution in [1.29, 1.82) is 0 Å². The van der Waals surface area contributed by atoms with Crippen LogP contribution in [0.15, 0.2) is 11.4 Å². The summed E-state index contributed by atoms with van der Waals surface area (Å²) in [6.45, 7) is 5.55. The van der Waals surface area contributed by atoms with Gasteiger partial charge in [-0.2, -0.15) is 0 Å². The van der Waals surface area contributed by atoms with Gasteiger partial charge in [-0.05, 0) is 11.0 Å². The molecule has 0 fully saturated rings. The van der Waals surface area contributed by atoms with Gasteiger partial charge in [-0.3, -0.25) is 0 Å². The Bertz CT molecular complexity index is 246. The summed E-state index contributed by atoms with van der Waals surface area (Å²) in [4.78, 5) is 10.3. The van der Waals surface area contributed by atoms with Gasteiger partial charge in [-0.15, -0.1) is 0 Å². The summed E-state index contributed by atoms with van der Waals surface area (Å²) in [7, 11) is 0. The highest BCUT2D eigenvalue weighted by Crippen LogP contribution is 2.28. The van der Waals surface area contributed by atoms with Crippen LogP contribution in [0.2, 0.25) is 0 Å². The molecule has 0 aromatic rings. The molecule has 0 bridgehead atoms. The van der Waals surface area contributed by atoms with E-state index in [4.69, 9.17) is 5.11 Å². The molecule has 0 heterocycles. The molecule has 0 saturated carbocycles. The summed E-state index contributed by atoms with van der Waals surface area (Å²) < 4.78 is 13.3. The first-order valence-electron chi connectivity index (χ1n) is 4.19. The van der Waals surface area contributed by atoms with Crippen LogP contribution in [0, 0.1) is 5.41 Å². The van der Waals surface area contributed by atoms with Gasteiger partial charge in [0.1, 0.15) is 5.83 Å². The van der Waals surface area contributed by atoms with E-state index in [1.54, 1.807) is 0 Å². The third-order valence-electron chi connectivity index (χ3n) is 1.77. The Morgan fingerprint density at radius 3 is 2.29 bits per heavy atom. The quantitative estimate of drug-likeness (QED) is 0.773. The third kappa shape index (κ3) is 4.60. The van der Waals surface area contributed by atoms with Gasteiger partial charge >= 0.3 is 6.09 Å². The first kappa shape index (κ1) is 13.4.